The van der Waals surface area contributed by atoms with E-state index in [1.165, 1.54) is 6.07 Å². The van der Waals surface area contributed by atoms with Crippen molar-refractivity contribution < 1.29 is 13.5 Å². The lowest BCUT2D eigenvalue weighted by molar-refractivity contribution is 0.280. The van der Waals surface area contributed by atoms with Gasteiger partial charge in [0.2, 0.25) is 5.82 Å². The van der Waals surface area contributed by atoms with Gasteiger partial charge in [-0.1, -0.05) is 40.2 Å². The Morgan fingerprint density at radius 3 is 2.71 bits per heavy atom. The molecular weight excluding hydrogens is 340 g/mol. The number of nitrogens with zero attached hydrogens (tertiary/aromatic N) is 1. The maximum atomic E-state index is 13.6. The number of ether oxygens (including phenoxy) is 1. The predicted molar refractivity (Wildman–Crippen MR) is 80.1 cm³/mol. The summed E-state index contributed by atoms with van der Waals surface area (Å²) < 4.78 is 32.6. The first-order valence-corrected chi connectivity index (χ1v) is 7.05. The minimum absolute atomic E-state index is 0.0671. The van der Waals surface area contributed by atoms with Crippen LogP contribution >= 0.6 is 15.9 Å². The molecule has 0 aliphatic carbocycles. The van der Waals surface area contributed by atoms with Crippen LogP contribution in [0, 0.1) is 11.6 Å². The smallest absolute Gasteiger partial charge is 0.200 e. The van der Waals surface area contributed by atoms with Crippen LogP contribution < -0.4 is 4.74 Å². The summed E-state index contributed by atoms with van der Waals surface area (Å²) in [6.07, 6.45) is 0. The first-order valence-electron chi connectivity index (χ1n) is 6.25. The second-order valence-electron chi connectivity index (χ2n) is 4.48. The average Bonchev–Trinajstić information content (AvgIpc) is 2.49. The predicted octanol–water partition coefficient (Wildman–Crippen LogP) is 4.85. The van der Waals surface area contributed by atoms with Gasteiger partial charge in [0.05, 0.1) is 11.2 Å². The zero-order chi connectivity index (χ0) is 14.8. The summed E-state index contributed by atoms with van der Waals surface area (Å²) in [5, 5.41) is 1.01. The van der Waals surface area contributed by atoms with Crippen molar-refractivity contribution in [3.8, 4) is 5.75 Å². The molecule has 0 amide bonds. The van der Waals surface area contributed by atoms with Crippen LogP contribution in [-0.2, 0) is 6.61 Å². The lowest BCUT2D eigenvalue weighted by Gasteiger charge is -2.08. The van der Waals surface area contributed by atoms with Crippen molar-refractivity contribution in [2.45, 2.75) is 6.61 Å². The van der Waals surface area contributed by atoms with Gasteiger partial charge in [0.1, 0.15) is 6.61 Å². The van der Waals surface area contributed by atoms with E-state index in [-0.39, 0.29) is 12.4 Å². The molecule has 21 heavy (non-hydrogen) atoms. The van der Waals surface area contributed by atoms with Gasteiger partial charge in [-0.3, -0.25) is 0 Å². The number of pyridine rings is 1. The number of aromatic nitrogens is 1. The normalized spacial score (nSPS) is 10.8. The molecule has 0 saturated carbocycles. The quantitative estimate of drug-likeness (QED) is 0.630. The molecule has 0 radical (unpaired) electrons. The van der Waals surface area contributed by atoms with E-state index in [0.29, 0.717) is 10.2 Å². The van der Waals surface area contributed by atoms with Crippen molar-refractivity contribution in [2.75, 3.05) is 0 Å². The van der Waals surface area contributed by atoms with E-state index in [9.17, 15) is 8.78 Å². The van der Waals surface area contributed by atoms with Crippen LogP contribution in [0.25, 0.3) is 10.9 Å². The van der Waals surface area contributed by atoms with Crippen molar-refractivity contribution in [1.82, 2.24) is 4.98 Å². The monoisotopic (exact) mass is 349 g/mol. The van der Waals surface area contributed by atoms with Gasteiger partial charge < -0.3 is 4.74 Å². The largest absolute Gasteiger partial charge is 0.484 e. The maximum Gasteiger partial charge on any atom is 0.200 e. The molecule has 2 aromatic carbocycles. The second-order valence-corrected chi connectivity index (χ2v) is 5.40. The molecule has 0 aliphatic rings. The molecule has 0 N–H and O–H groups in total. The van der Waals surface area contributed by atoms with Crippen molar-refractivity contribution >= 4 is 26.8 Å². The third-order valence-electron chi connectivity index (χ3n) is 2.99. The molecule has 3 aromatic rings. The lowest BCUT2D eigenvalue weighted by Crippen LogP contribution is -2.01. The molecule has 0 bridgehead atoms. The third-order valence-corrected chi connectivity index (χ3v) is 3.45. The third kappa shape index (κ3) is 3.03. The number of rotatable bonds is 3. The molecule has 106 valence electrons. The van der Waals surface area contributed by atoms with Crippen LogP contribution in [-0.4, -0.2) is 4.98 Å². The fourth-order valence-corrected chi connectivity index (χ4v) is 2.39. The Morgan fingerprint density at radius 1 is 1.05 bits per heavy atom. The molecule has 0 spiro atoms. The van der Waals surface area contributed by atoms with Crippen LogP contribution in [0.5, 0.6) is 5.75 Å². The van der Waals surface area contributed by atoms with Crippen LogP contribution in [0.3, 0.4) is 0 Å². The average molecular weight is 350 g/mol. The number of para-hydroxylation sites is 1. The minimum Gasteiger partial charge on any atom is -0.484 e. The summed E-state index contributed by atoms with van der Waals surface area (Å²) in [6.45, 7) is 0.0671. The molecule has 1 heterocycles. The van der Waals surface area contributed by atoms with Gasteiger partial charge in [0.25, 0.3) is 0 Å². The van der Waals surface area contributed by atoms with Crippen LogP contribution in [0.15, 0.2) is 53.0 Å². The van der Waals surface area contributed by atoms with Gasteiger partial charge in [0.15, 0.2) is 11.6 Å². The van der Waals surface area contributed by atoms with Gasteiger partial charge in [0, 0.05) is 9.86 Å². The van der Waals surface area contributed by atoms with Gasteiger partial charge in [-0.25, -0.2) is 9.37 Å². The highest BCUT2D eigenvalue weighted by Gasteiger charge is 2.11. The van der Waals surface area contributed by atoms with E-state index in [2.05, 4.69) is 20.9 Å². The molecule has 1 aromatic heterocycles. The zero-order valence-corrected chi connectivity index (χ0v) is 12.4. The summed E-state index contributed by atoms with van der Waals surface area (Å²) in [5.74, 6) is -2.10. The van der Waals surface area contributed by atoms with E-state index < -0.39 is 11.6 Å². The molecule has 0 aliphatic heterocycles. The Labute approximate surface area is 128 Å². The molecule has 0 unspecified atom stereocenters. The standard InChI is InChI=1S/C16H10BrF2NO/c17-11-7-13(18)16(19)15(8-11)21-9-12-6-5-10-3-1-2-4-14(10)20-12/h1-8H,9H2. The van der Waals surface area contributed by atoms with Crippen molar-refractivity contribution in [2.24, 2.45) is 0 Å². The first kappa shape index (κ1) is 13.9. The van der Waals surface area contributed by atoms with Crippen LogP contribution in [0.2, 0.25) is 0 Å². The number of halogens is 3. The minimum atomic E-state index is -1.00. The number of hydrogen-bond acceptors (Lipinski definition) is 2. The lowest BCUT2D eigenvalue weighted by atomic mass is 10.2. The number of benzene rings is 2. The zero-order valence-electron chi connectivity index (χ0n) is 10.8. The highest BCUT2D eigenvalue weighted by molar-refractivity contribution is 9.10. The van der Waals surface area contributed by atoms with Crippen LogP contribution in [0.1, 0.15) is 5.69 Å². The fourth-order valence-electron chi connectivity index (χ4n) is 1.98. The molecule has 3 rings (SSSR count). The topological polar surface area (TPSA) is 22.1 Å². The van der Waals surface area contributed by atoms with E-state index in [1.807, 2.05) is 30.3 Å². The Hall–Kier alpha value is -2.01. The summed E-state index contributed by atoms with van der Waals surface area (Å²) >= 11 is 3.10. The Morgan fingerprint density at radius 2 is 1.86 bits per heavy atom. The van der Waals surface area contributed by atoms with Crippen molar-refractivity contribution in [3.63, 3.8) is 0 Å². The SMILES string of the molecule is Fc1cc(Br)cc(OCc2ccc3ccccc3n2)c1F. The van der Waals surface area contributed by atoms with Crippen LogP contribution in [0.4, 0.5) is 8.78 Å². The molecule has 0 atom stereocenters. The van der Waals surface area contributed by atoms with Gasteiger partial charge in [-0.2, -0.15) is 4.39 Å². The fraction of sp³-hybridized carbons (Fsp3) is 0.0625. The Kier molecular flexibility index (Phi) is 3.84. The molecule has 2 nitrogen and oxygen atoms in total. The summed E-state index contributed by atoms with van der Waals surface area (Å²) in [6, 6.07) is 13.8. The number of fused-ring (bicyclic) bond motifs is 1. The molecular formula is C16H10BrF2NO. The van der Waals surface area contributed by atoms with Crippen molar-refractivity contribution in [3.05, 3.63) is 70.3 Å². The molecule has 0 saturated heterocycles. The van der Waals surface area contributed by atoms with Crippen molar-refractivity contribution in [1.29, 1.82) is 0 Å². The van der Waals surface area contributed by atoms with E-state index >= 15 is 0 Å². The van der Waals surface area contributed by atoms with E-state index in [4.69, 9.17) is 4.74 Å². The van der Waals surface area contributed by atoms with E-state index in [0.717, 1.165) is 17.0 Å². The number of hydrogen-bond donors (Lipinski definition) is 0. The molecule has 0 fully saturated rings. The van der Waals surface area contributed by atoms with Gasteiger partial charge >= 0.3 is 0 Å². The van der Waals surface area contributed by atoms with Gasteiger partial charge in [-0.15, -0.1) is 0 Å². The Balaban J connectivity index is 1.83. The summed E-state index contributed by atoms with van der Waals surface area (Å²) in [5.41, 5.74) is 1.48. The van der Waals surface area contributed by atoms with Gasteiger partial charge in [-0.05, 0) is 24.3 Å². The van der Waals surface area contributed by atoms with E-state index in [1.54, 1.807) is 6.07 Å². The summed E-state index contributed by atoms with van der Waals surface area (Å²) in [4.78, 5) is 4.41. The molecule has 5 heteroatoms. The Bertz CT molecular complexity index is 807. The second kappa shape index (κ2) is 5.77. The highest BCUT2D eigenvalue weighted by Crippen LogP contribution is 2.26. The maximum absolute atomic E-state index is 13.6. The summed E-state index contributed by atoms with van der Waals surface area (Å²) in [7, 11) is 0. The highest BCUT2D eigenvalue weighted by atomic mass is 79.9. The first-order chi connectivity index (χ1) is 10.1.